The normalized spacial score (nSPS) is 25.5. The van der Waals surface area contributed by atoms with Crippen molar-refractivity contribution >= 4 is 17.2 Å². The number of likely N-dealkylation sites (N-methyl/N-ethyl adjacent to an activating group) is 1. The number of amides is 1. The third kappa shape index (κ3) is 2.68. The van der Waals surface area contributed by atoms with E-state index in [9.17, 15) is 4.79 Å². The SMILES string of the molecule is CNC1COCC1C(=O)NCc1cc2c(s1)CCC2. The lowest BCUT2D eigenvalue weighted by Crippen LogP contribution is -2.42. The molecule has 0 spiro atoms. The lowest BCUT2D eigenvalue weighted by molar-refractivity contribution is -0.125. The fourth-order valence-corrected chi connectivity index (χ4v) is 4.08. The van der Waals surface area contributed by atoms with Crippen molar-refractivity contribution in [3.05, 3.63) is 21.4 Å². The zero-order valence-electron chi connectivity index (χ0n) is 11.2. The lowest BCUT2D eigenvalue weighted by atomic mass is 10.0. The highest BCUT2D eigenvalue weighted by Gasteiger charge is 2.32. The van der Waals surface area contributed by atoms with Gasteiger partial charge in [-0.05, 0) is 37.9 Å². The summed E-state index contributed by atoms with van der Waals surface area (Å²) in [6.45, 7) is 1.81. The molecule has 2 heterocycles. The van der Waals surface area contributed by atoms with Crippen molar-refractivity contribution in [3.8, 4) is 0 Å². The molecule has 1 aromatic heterocycles. The molecule has 1 aliphatic carbocycles. The zero-order valence-corrected chi connectivity index (χ0v) is 12.0. The Labute approximate surface area is 117 Å². The van der Waals surface area contributed by atoms with Gasteiger partial charge in [0.2, 0.25) is 5.91 Å². The molecule has 1 aromatic rings. The number of aryl methyl sites for hydroxylation is 2. The number of carbonyl (C=O) groups excluding carboxylic acids is 1. The first-order chi connectivity index (χ1) is 9.28. The van der Waals surface area contributed by atoms with E-state index in [2.05, 4.69) is 16.7 Å². The average Bonchev–Trinajstić information content (AvgIpc) is 3.09. The lowest BCUT2D eigenvalue weighted by Gasteiger charge is -2.16. The molecule has 0 radical (unpaired) electrons. The van der Waals surface area contributed by atoms with Gasteiger partial charge in [-0.3, -0.25) is 4.79 Å². The maximum Gasteiger partial charge on any atom is 0.227 e. The molecule has 1 aliphatic heterocycles. The average molecular weight is 280 g/mol. The van der Waals surface area contributed by atoms with Crippen LogP contribution in [-0.2, 0) is 28.9 Å². The Balaban J connectivity index is 1.55. The van der Waals surface area contributed by atoms with E-state index >= 15 is 0 Å². The molecule has 0 saturated carbocycles. The topological polar surface area (TPSA) is 50.4 Å². The van der Waals surface area contributed by atoms with Crippen LogP contribution in [0.2, 0.25) is 0 Å². The Morgan fingerprint density at radius 3 is 3.16 bits per heavy atom. The van der Waals surface area contributed by atoms with Gasteiger partial charge in [0.15, 0.2) is 0 Å². The first-order valence-corrected chi connectivity index (χ1v) is 7.72. The van der Waals surface area contributed by atoms with E-state index in [1.54, 1.807) is 0 Å². The van der Waals surface area contributed by atoms with Crippen LogP contribution in [0.25, 0.3) is 0 Å². The van der Waals surface area contributed by atoms with Crippen LogP contribution in [0.5, 0.6) is 0 Å². The van der Waals surface area contributed by atoms with Crippen LogP contribution in [-0.4, -0.2) is 32.2 Å². The molecule has 2 unspecified atom stereocenters. The Morgan fingerprint density at radius 1 is 1.47 bits per heavy atom. The molecule has 2 aliphatic rings. The number of hydrogen-bond donors (Lipinski definition) is 2. The highest BCUT2D eigenvalue weighted by atomic mass is 32.1. The van der Waals surface area contributed by atoms with E-state index in [0.717, 1.165) is 0 Å². The molecule has 1 amide bonds. The maximum absolute atomic E-state index is 12.1. The van der Waals surface area contributed by atoms with Crippen molar-refractivity contribution < 1.29 is 9.53 Å². The molecule has 2 N–H and O–H groups in total. The van der Waals surface area contributed by atoms with E-state index in [-0.39, 0.29) is 17.9 Å². The van der Waals surface area contributed by atoms with Gasteiger partial charge >= 0.3 is 0 Å². The summed E-state index contributed by atoms with van der Waals surface area (Å²) in [4.78, 5) is 14.9. The highest BCUT2D eigenvalue weighted by Crippen LogP contribution is 2.30. The first kappa shape index (κ1) is 13.1. The van der Waals surface area contributed by atoms with Crippen molar-refractivity contribution in [3.63, 3.8) is 0 Å². The summed E-state index contributed by atoms with van der Waals surface area (Å²) in [5.41, 5.74) is 1.49. The number of hydrogen-bond acceptors (Lipinski definition) is 4. The van der Waals surface area contributed by atoms with Crippen LogP contribution in [0.1, 0.15) is 21.7 Å². The first-order valence-electron chi connectivity index (χ1n) is 6.91. The summed E-state index contributed by atoms with van der Waals surface area (Å²) in [5, 5.41) is 6.19. The van der Waals surface area contributed by atoms with Gasteiger partial charge in [-0.15, -0.1) is 11.3 Å². The van der Waals surface area contributed by atoms with Gasteiger partial charge in [0.1, 0.15) is 0 Å². The summed E-state index contributed by atoms with van der Waals surface area (Å²) < 4.78 is 5.36. The van der Waals surface area contributed by atoms with Gasteiger partial charge in [0, 0.05) is 15.8 Å². The van der Waals surface area contributed by atoms with Crippen molar-refractivity contribution in [2.45, 2.75) is 31.8 Å². The summed E-state index contributed by atoms with van der Waals surface area (Å²) in [6, 6.07) is 2.40. The smallest absolute Gasteiger partial charge is 0.227 e. The van der Waals surface area contributed by atoms with Crippen molar-refractivity contribution in [1.82, 2.24) is 10.6 Å². The molecule has 19 heavy (non-hydrogen) atoms. The van der Waals surface area contributed by atoms with Gasteiger partial charge in [-0.25, -0.2) is 0 Å². The number of ether oxygens (including phenoxy) is 1. The van der Waals surface area contributed by atoms with Crippen LogP contribution in [0.15, 0.2) is 6.07 Å². The third-order valence-electron chi connectivity index (χ3n) is 4.02. The standard InChI is InChI=1S/C14H20N2O2S/c1-15-12-8-18-7-11(12)14(17)16-6-10-5-9-3-2-4-13(9)19-10/h5,11-12,15H,2-4,6-8H2,1H3,(H,16,17). The fourth-order valence-electron chi connectivity index (χ4n) is 2.88. The van der Waals surface area contributed by atoms with E-state index < -0.39 is 0 Å². The Bertz CT molecular complexity index is 451. The molecule has 3 rings (SSSR count). The molecule has 0 bridgehead atoms. The third-order valence-corrected chi connectivity index (χ3v) is 5.26. The fraction of sp³-hybridized carbons (Fsp3) is 0.643. The van der Waals surface area contributed by atoms with Crippen LogP contribution < -0.4 is 10.6 Å². The van der Waals surface area contributed by atoms with Gasteiger partial charge in [0.05, 0.1) is 25.7 Å². The monoisotopic (exact) mass is 280 g/mol. The van der Waals surface area contributed by atoms with Crippen LogP contribution in [0, 0.1) is 5.92 Å². The van der Waals surface area contributed by atoms with E-state index in [4.69, 9.17) is 4.74 Å². The van der Waals surface area contributed by atoms with E-state index in [1.807, 2.05) is 18.4 Å². The summed E-state index contributed by atoms with van der Waals surface area (Å²) in [6.07, 6.45) is 3.71. The molecular formula is C14H20N2O2S. The maximum atomic E-state index is 12.1. The Kier molecular flexibility index (Phi) is 3.86. The Hall–Kier alpha value is -0.910. The number of rotatable bonds is 4. The molecule has 2 atom stereocenters. The minimum Gasteiger partial charge on any atom is -0.379 e. The largest absolute Gasteiger partial charge is 0.379 e. The Morgan fingerprint density at radius 2 is 2.37 bits per heavy atom. The number of thiophene rings is 1. The second kappa shape index (κ2) is 5.61. The number of fused-ring (bicyclic) bond motifs is 1. The van der Waals surface area contributed by atoms with Gasteiger partial charge in [0.25, 0.3) is 0 Å². The number of nitrogens with one attached hydrogen (secondary N) is 2. The molecule has 5 heteroatoms. The van der Waals surface area contributed by atoms with E-state index in [0.29, 0.717) is 19.8 Å². The molecule has 104 valence electrons. The van der Waals surface area contributed by atoms with Crippen molar-refractivity contribution in [1.29, 1.82) is 0 Å². The van der Waals surface area contributed by atoms with Crippen LogP contribution in [0.4, 0.5) is 0 Å². The second-order valence-electron chi connectivity index (χ2n) is 5.27. The molecule has 1 fully saturated rings. The second-order valence-corrected chi connectivity index (χ2v) is 6.49. The zero-order chi connectivity index (χ0) is 13.2. The van der Waals surface area contributed by atoms with Crippen molar-refractivity contribution in [2.24, 2.45) is 5.92 Å². The van der Waals surface area contributed by atoms with Crippen molar-refractivity contribution in [2.75, 3.05) is 20.3 Å². The molecule has 4 nitrogen and oxygen atoms in total. The van der Waals surface area contributed by atoms with Gasteiger partial charge < -0.3 is 15.4 Å². The van der Waals surface area contributed by atoms with E-state index in [1.165, 1.54) is 34.6 Å². The minimum absolute atomic E-state index is 0.0585. The predicted octanol–water partition coefficient (Wildman–Crippen LogP) is 1.09. The predicted molar refractivity (Wildman–Crippen MR) is 75.3 cm³/mol. The summed E-state index contributed by atoms with van der Waals surface area (Å²) >= 11 is 1.85. The van der Waals surface area contributed by atoms with Crippen LogP contribution in [0.3, 0.4) is 0 Å². The van der Waals surface area contributed by atoms with Gasteiger partial charge in [-0.1, -0.05) is 0 Å². The van der Waals surface area contributed by atoms with Gasteiger partial charge in [-0.2, -0.15) is 0 Å². The highest BCUT2D eigenvalue weighted by molar-refractivity contribution is 7.12. The molecule has 1 saturated heterocycles. The quantitative estimate of drug-likeness (QED) is 0.868. The van der Waals surface area contributed by atoms with Crippen LogP contribution >= 0.6 is 11.3 Å². The minimum atomic E-state index is -0.0585. The summed E-state index contributed by atoms with van der Waals surface area (Å²) in [7, 11) is 1.88. The molecular weight excluding hydrogens is 260 g/mol. The summed E-state index contributed by atoms with van der Waals surface area (Å²) in [5.74, 6) is 0.0437. The molecule has 0 aromatic carbocycles. The number of carbonyl (C=O) groups is 1.